The summed E-state index contributed by atoms with van der Waals surface area (Å²) in [5.74, 6) is 0.780. The van der Waals surface area contributed by atoms with Gasteiger partial charge < -0.3 is 19.7 Å². The Bertz CT molecular complexity index is 1070. The summed E-state index contributed by atoms with van der Waals surface area (Å²) < 4.78 is 11.0. The zero-order valence-electron chi connectivity index (χ0n) is 17.3. The number of hydrogen-bond acceptors (Lipinski definition) is 6. The first-order valence-corrected chi connectivity index (χ1v) is 10.8. The van der Waals surface area contributed by atoms with Crippen molar-refractivity contribution in [1.82, 2.24) is 15.2 Å². The second-order valence-electron chi connectivity index (χ2n) is 7.06. The quantitative estimate of drug-likeness (QED) is 0.641. The first-order valence-electron chi connectivity index (χ1n) is 9.89. The number of aromatic nitrogens is 1. The molecule has 2 aromatic heterocycles. The van der Waals surface area contributed by atoms with Crippen molar-refractivity contribution in [2.24, 2.45) is 0 Å². The molecule has 1 atom stereocenters. The molecule has 0 fully saturated rings. The molecule has 0 spiro atoms. The SMILES string of the molecule is COc1cc2c(cc1OC)C(c1cccs1)N(C(=O)CNC(=O)c1ccccn1)CC2. The fraction of sp³-hybridized carbons (Fsp3) is 0.261. The van der Waals surface area contributed by atoms with Gasteiger partial charge in [0.2, 0.25) is 5.91 Å². The minimum Gasteiger partial charge on any atom is -0.493 e. The molecule has 160 valence electrons. The van der Waals surface area contributed by atoms with Crippen LogP contribution < -0.4 is 14.8 Å². The fourth-order valence-electron chi connectivity index (χ4n) is 3.81. The Labute approximate surface area is 184 Å². The lowest BCUT2D eigenvalue weighted by Crippen LogP contribution is -2.45. The summed E-state index contributed by atoms with van der Waals surface area (Å²) in [6.07, 6.45) is 2.24. The number of carbonyl (C=O) groups is 2. The molecule has 1 N–H and O–H groups in total. The number of amides is 2. The summed E-state index contributed by atoms with van der Waals surface area (Å²) in [5, 5.41) is 4.69. The number of carbonyl (C=O) groups excluding carboxylic acids is 2. The number of pyridine rings is 1. The maximum atomic E-state index is 13.2. The van der Waals surface area contributed by atoms with E-state index in [0.717, 1.165) is 16.0 Å². The predicted molar refractivity (Wildman–Crippen MR) is 118 cm³/mol. The van der Waals surface area contributed by atoms with Crippen LogP contribution in [0, 0.1) is 0 Å². The normalized spacial score (nSPS) is 15.2. The van der Waals surface area contributed by atoms with Crippen LogP contribution >= 0.6 is 11.3 Å². The van der Waals surface area contributed by atoms with Crippen LogP contribution in [0.1, 0.15) is 32.5 Å². The molecule has 1 aliphatic heterocycles. The number of thiophene rings is 1. The van der Waals surface area contributed by atoms with Crippen molar-refractivity contribution in [1.29, 1.82) is 0 Å². The summed E-state index contributed by atoms with van der Waals surface area (Å²) in [5.41, 5.74) is 2.42. The van der Waals surface area contributed by atoms with Crippen LogP contribution in [0.25, 0.3) is 0 Å². The van der Waals surface area contributed by atoms with Gasteiger partial charge in [0.25, 0.3) is 5.91 Å². The Morgan fingerprint density at radius 2 is 1.97 bits per heavy atom. The van der Waals surface area contributed by atoms with Crippen molar-refractivity contribution >= 4 is 23.2 Å². The second-order valence-corrected chi connectivity index (χ2v) is 8.04. The van der Waals surface area contributed by atoms with Gasteiger partial charge in [-0.3, -0.25) is 14.6 Å². The molecule has 1 aromatic carbocycles. The Morgan fingerprint density at radius 3 is 2.65 bits per heavy atom. The number of methoxy groups -OCH3 is 2. The van der Waals surface area contributed by atoms with Crippen molar-refractivity contribution in [3.63, 3.8) is 0 Å². The standard InChI is InChI=1S/C23H23N3O4S/c1-29-18-12-15-8-10-26(21(27)14-25-23(28)17-6-3-4-9-24-17)22(20-7-5-11-31-20)16(15)13-19(18)30-2/h3-7,9,11-13,22H,8,10,14H2,1-2H3,(H,25,28). The highest BCUT2D eigenvalue weighted by atomic mass is 32.1. The van der Waals surface area contributed by atoms with Crippen molar-refractivity contribution in [2.45, 2.75) is 12.5 Å². The van der Waals surface area contributed by atoms with Gasteiger partial charge in [-0.1, -0.05) is 12.1 Å². The zero-order chi connectivity index (χ0) is 21.8. The summed E-state index contributed by atoms with van der Waals surface area (Å²) in [7, 11) is 3.22. The van der Waals surface area contributed by atoms with E-state index in [1.165, 1.54) is 0 Å². The van der Waals surface area contributed by atoms with Gasteiger partial charge in [-0.2, -0.15) is 0 Å². The van der Waals surface area contributed by atoms with Gasteiger partial charge in [0.15, 0.2) is 11.5 Å². The van der Waals surface area contributed by atoms with Gasteiger partial charge in [0, 0.05) is 17.6 Å². The molecule has 0 saturated heterocycles. The van der Waals surface area contributed by atoms with E-state index in [2.05, 4.69) is 10.3 Å². The van der Waals surface area contributed by atoms with Crippen molar-refractivity contribution in [3.8, 4) is 11.5 Å². The van der Waals surface area contributed by atoms with E-state index in [4.69, 9.17) is 9.47 Å². The van der Waals surface area contributed by atoms with Crippen LogP contribution in [0.4, 0.5) is 0 Å². The average Bonchev–Trinajstić information content (AvgIpc) is 3.35. The molecule has 0 saturated carbocycles. The summed E-state index contributed by atoms with van der Waals surface area (Å²) >= 11 is 1.60. The van der Waals surface area contributed by atoms with E-state index >= 15 is 0 Å². The number of nitrogens with one attached hydrogen (secondary N) is 1. The highest BCUT2D eigenvalue weighted by Crippen LogP contribution is 2.42. The van der Waals surface area contributed by atoms with Crippen LogP contribution in [0.3, 0.4) is 0 Å². The number of fused-ring (bicyclic) bond motifs is 1. The smallest absolute Gasteiger partial charge is 0.270 e. The molecular weight excluding hydrogens is 414 g/mol. The Morgan fingerprint density at radius 1 is 1.16 bits per heavy atom. The lowest BCUT2D eigenvalue weighted by atomic mass is 9.90. The van der Waals surface area contributed by atoms with Crippen molar-refractivity contribution in [2.75, 3.05) is 27.3 Å². The van der Waals surface area contributed by atoms with Gasteiger partial charge in [0.1, 0.15) is 5.69 Å². The Balaban J connectivity index is 1.60. The molecule has 3 heterocycles. The molecule has 0 bridgehead atoms. The average molecular weight is 438 g/mol. The maximum Gasteiger partial charge on any atom is 0.270 e. The highest BCUT2D eigenvalue weighted by molar-refractivity contribution is 7.10. The van der Waals surface area contributed by atoms with Crippen LogP contribution in [0.15, 0.2) is 54.0 Å². The molecule has 1 unspecified atom stereocenters. The predicted octanol–water partition coefficient (Wildman–Crippen LogP) is 3.06. The third kappa shape index (κ3) is 4.25. The van der Waals surface area contributed by atoms with E-state index in [-0.39, 0.29) is 30.1 Å². The lowest BCUT2D eigenvalue weighted by Gasteiger charge is -2.37. The molecule has 8 heteroatoms. The van der Waals surface area contributed by atoms with E-state index in [9.17, 15) is 9.59 Å². The van der Waals surface area contributed by atoms with Crippen molar-refractivity contribution < 1.29 is 19.1 Å². The van der Waals surface area contributed by atoms with Crippen LogP contribution in [-0.4, -0.2) is 49.0 Å². The first-order chi connectivity index (χ1) is 15.1. The largest absolute Gasteiger partial charge is 0.493 e. The van der Waals surface area contributed by atoms with Gasteiger partial charge in [-0.05, 0) is 53.3 Å². The van der Waals surface area contributed by atoms with Crippen LogP contribution in [0.2, 0.25) is 0 Å². The van der Waals surface area contributed by atoms with E-state index in [0.29, 0.717) is 24.5 Å². The molecular formula is C23H23N3O4S. The maximum absolute atomic E-state index is 13.2. The third-order valence-corrected chi connectivity index (χ3v) is 6.23. The fourth-order valence-corrected chi connectivity index (χ4v) is 4.67. The monoisotopic (exact) mass is 437 g/mol. The van der Waals surface area contributed by atoms with E-state index in [1.807, 2.05) is 34.5 Å². The summed E-state index contributed by atoms with van der Waals surface area (Å²) in [6, 6.07) is 12.8. The molecule has 31 heavy (non-hydrogen) atoms. The third-order valence-electron chi connectivity index (χ3n) is 5.30. The van der Waals surface area contributed by atoms with Crippen molar-refractivity contribution in [3.05, 3.63) is 75.7 Å². The highest BCUT2D eigenvalue weighted by Gasteiger charge is 2.34. The zero-order valence-corrected chi connectivity index (χ0v) is 18.1. The Hall–Kier alpha value is -3.39. The number of hydrogen-bond donors (Lipinski definition) is 1. The topological polar surface area (TPSA) is 80.8 Å². The molecule has 4 rings (SSSR count). The van der Waals surface area contributed by atoms with Gasteiger partial charge >= 0.3 is 0 Å². The van der Waals surface area contributed by atoms with Gasteiger partial charge in [0.05, 0.1) is 26.8 Å². The molecule has 7 nitrogen and oxygen atoms in total. The summed E-state index contributed by atoms with van der Waals surface area (Å²) in [4.78, 5) is 32.4. The first kappa shape index (κ1) is 20.9. The summed E-state index contributed by atoms with van der Waals surface area (Å²) in [6.45, 7) is 0.448. The van der Waals surface area contributed by atoms with E-state index < -0.39 is 0 Å². The molecule has 3 aromatic rings. The second kappa shape index (κ2) is 9.18. The number of benzene rings is 1. The van der Waals surface area contributed by atoms with Crippen LogP contribution in [0.5, 0.6) is 11.5 Å². The van der Waals surface area contributed by atoms with Gasteiger partial charge in [-0.15, -0.1) is 11.3 Å². The number of ether oxygens (including phenoxy) is 2. The van der Waals surface area contributed by atoms with Gasteiger partial charge in [-0.25, -0.2) is 0 Å². The minimum atomic E-state index is -0.370. The minimum absolute atomic E-state index is 0.0973. The molecule has 0 aliphatic carbocycles. The van der Waals surface area contributed by atoms with E-state index in [1.54, 1.807) is 50.0 Å². The lowest BCUT2D eigenvalue weighted by molar-refractivity contribution is -0.132. The Kier molecular flexibility index (Phi) is 6.18. The molecule has 1 aliphatic rings. The number of nitrogens with zero attached hydrogens (tertiary/aromatic N) is 2. The van der Waals surface area contributed by atoms with Crippen LogP contribution in [-0.2, 0) is 11.2 Å². The molecule has 2 amide bonds. The molecule has 0 radical (unpaired) electrons. The number of rotatable bonds is 6.